The summed E-state index contributed by atoms with van der Waals surface area (Å²) in [4.78, 5) is 31.0. The van der Waals surface area contributed by atoms with Gasteiger partial charge < -0.3 is 14.6 Å². The van der Waals surface area contributed by atoms with E-state index in [1.165, 1.54) is 12.3 Å². The maximum Gasteiger partial charge on any atom is 0.266 e. The number of carbonyl (C=O) groups excluding carboxylic acids is 1. The standard InChI is InChI=1S/C16H22ClN3O3/c17-14-9-12(10-18-15(14)21)16(22)20-4-2-1-3-13(20)11-19-5-7-23-8-6-19/h9-10,13H,1-8,11H2,(H,18,21)/t13-/m1/s1. The number of carbonyl (C=O) groups is 1. The van der Waals surface area contributed by atoms with E-state index < -0.39 is 0 Å². The summed E-state index contributed by atoms with van der Waals surface area (Å²) in [5.41, 5.74) is 0.0789. The topological polar surface area (TPSA) is 65.6 Å². The molecule has 0 radical (unpaired) electrons. The molecule has 0 saturated carbocycles. The monoisotopic (exact) mass is 339 g/mol. The number of morpholine rings is 1. The Morgan fingerprint density at radius 1 is 1.30 bits per heavy atom. The van der Waals surface area contributed by atoms with Gasteiger partial charge in [0.2, 0.25) is 0 Å². The second kappa shape index (κ2) is 7.47. The molecule has 2 aliphatic heterocycles. The van der Waals surface area contributed by atoms with Crippen LogP contribution in [0.25, 0.3) is 0 Å². The van der Waals surface area contributed by atoms with Crippen LogP contribution in [-0.4, -0.2) is 66.1 Å². The SMILES string of the molecule is O=C(c1c[nH]c(=O)c(Cl)c1)N1CCCC[C@@H]1CN1CCOCC1. The minimum Gasteiger partial charge on any atom is -0.379 e. The number of rotatable bonds is 3. The zero-order chi connectivity index (χ0) is 16.2. The van der Waals surface area contributed by atoms with Gasteiger partial charge in [-0.25, -0.2) is 0 Å². The predicted molar refractivity (Wildman–Crippen MR) is 88.0 cm³/mol. The van der Waals surface area contributed by atoms with Gasteiger partial charge in [0.15, 0.2) is 0 Å². The van der Waals surface area contributed by atoms with Gasteiger partial charge in [0.1, 0.15) is 5.02 Å². The fraction of sp³-hybridized carbons (Fsp3) is 0.625. The van der Waals surface area contributed by atoms with Crippen LogP contribution in [0.15, 0.2) is 17.1 Å². The highest BCUT2D eigenvalue weighted by Gasteiger charge is 2.29. The summed E-state index contributed by atoms with van der Waals surface area (Å²) in [6, 6.07) is 1.67. The highest BCUT2D eigenvalue weighted by atomic mass is 35.5. The summed E-state index contributed by atoms with van der Waals surface area (Å²) in [6.45, 7) is 5.00. The molecule has 0 unspecified atom stereocenters. The Kier molecular flexibility index (Phi) is 5.35. The highest BCUT2D eigenvalue weighted by molar-refractivity contribution is 6.30. The molecule has 1 amide bonds. The molecule has 0 aliphatic carbocycles. The third kappa shape index (κ3) is 3.94. The van der Waals surface area contributed by atoms with Crippen LogP contribution in [0.3, 0.4) is 0 Å². The summed E-state index contributed by atoms with van der Waals surface area (Å²) in [5.74, 6) is -0.0545. The van der Waals surface area contributed by atoms with E-state index in [1.807, 2.05) is 4.90 Å². The van der Waals surface area contributed by atoms with Crippen LogP contribution in [0, 0.1) is 0 Å². The molecule has 0 bridgehead atoms. The molecular weight excluding hydrogens is 318 g/mol. The molecule has 6 nitrogen and oxygen atoms in total. The molecule has 1 atom stereocenters. The van der Waals surface area contributed by atoms with Gasteiger partial charge in [0.05, 0.1) is 18.8 Å². The van der Waals surface area contributed by atoms with Crippen molar-refractivity contribution in [3.8, 4) is 0 Å². The summed E-state index contributed by atoms with van der Waals surface area (Å²) in [5, 5.41) is 0.0533. The zero-order valence-corrected chi connectivity index (χ0v) is 13.8. The van der Waals surface area contributed by atoms with Crippen molar-refractivity contribution in [3.05, 3.63) is 33.2 Å². The van der Waals surface area contributed by atoms with Crippen molar-refractivity contribution >= 4 is 17.5 Å². The first kappa shape index (κ1) is 16.5. The molecule has 23 heavy (non-hydrogen) atoms. The minimum absolute atomic E-state index is 0.0533. The first-order valence-electron chi connectivity index (χ1n) is 8.14. The van der Waals surface area contributed by atoms with E-state index >= 15 is 0 Å². The van der Waals surface area contributed by atoms with Crippen LogP contribution in [0.4, 0.5) is 0 Å². The van der Waals surface area contributed by atoms with E-state index in [1.54, 1.807) is 0 Å². The number of pyridine rings is 1. The number of amides is 1. The summed E-state index contributed by atoms with van der Waals surface area (Å²) < 4.78 is 5.39. The normalized spacial score (nSPS) is 23.0. The molecule has 0 spiro atoms. The molecule has 0 aromatic carbocycles. The highest BCUT2D eigenvalue weighted by Crippen LogP contribution is 2.21. The van der Waals surface area contributed by atoms with Gasteiger partial charge in [0.25, 0.3) is 11.5 Å². The van der Waals surface area contributed by atoms with Crippen molar-refractivity contribution in [2.75, 3.05) is 39.4 Å². The molecule has 3 heterocycles. The number of hydrogen-bond acceptors (Lipinski definition) is 4. The van der Waals surface area contributed by atoms with E-state index in [2.05, 4.69) is 9.88 Å². The number of aromatic nitrogens is 1. The van der Waals surface area contributed by atoms with Crippen LogP contribution >= 0.6 is 11.6 Å². The van der Waals surface area contributed by atoms with Crippen LogP contribution in [-0.2, 0) is 4.74 Å². The lowest BCUT2D eigenvalue weighted by molar-refractivity contribution is 0.0166. The zero-order valence-electron chi connectivity index (χ0n) is 13.1. The van der Waals surface area contributed by atoms with E-state index in [-0.39, 0.29) is 22.5 Å². The van der Waals surface area contributed by atoms with Crippen molar-refractivity contribution in [3.63, 3.8) is 0 Å². The largest absolute Gasteiger partial charge is 0.379 e. The first-order valence-corrected chi connectivity index (χ1v) is 8.52. The van der Waals surface area contributed by atoms with Gasteiger partial charge in [-0.2, -0.15) is 0 Å². The molecule has 2 fully saturated rings. The number of hydrogen-bond donors (Lipinski definition) is 1. The summed E-state index contributed by atoms with van der Waals surface area (Å²) in [6.07, 6.45) is 4.63. The molecule has 126 valence electrons. The molecule has 3 rings (SSSR count). The van der Waals surface area contributed by atoms with Crippen molar-refractivity contribution < 1.29 is 9.53 Å². The third-order valence-corrected chi connectivity index (χ3v) is 4.85. The molecule has 7 heteroatoms. The second-order valence-electron chi connectivity index (χ2n) is 6.13. The smallest absolute Gasteiger partial charge is 0.266 e. The quantitative estimate of drug-likeness (QED) is 0.903. The number of likely N-dealkylation sites (tertiary alicyclic amines) is 1. The fourth-order valence-corrected chi connectivity index (χ4v) is 3.46. The number of halogens is 1. The van der Waals surface area contributed by atoms with Gasteiger partial charge in [-0.1, -0.05) is 11.6 Å². The number of ether oxygens (including phenoxy) is 1. The van der Waals surface area contributed by atoms with Crippen LogP contribution < -0.4 is 5.56 Å². The van der Waals surface area contributed by atoms with Gasteiger partial charge in [-0.3, -0.25) is 14.5 Å². The van der Waals surface area contributed by atoms with Crippen LogP contribution in [0.5, 0.6) is 0 Å². The van der Waals surface area contributed by atoms with Gasteiger partial charge >= 0.3 is 0 Å². The maximum atomic E-state index is 12.8. The van der Waals surface area contributed by atoms with Crippen molar-refractivity contribution in [2.45, 2.75) is 25.3 Å². The molecular formula is C16H22ClN3O3. The Balaban J connectivity index is 1.72. The van der Waals surface area contributed by atoms with E-state index in [9.17, 15) is 9.59 Å². The van der Waals surface area contributed by atoms with E-state index in [0.717, 1.165) is 58.7 Å². The number of aromatic amines is 1. The van der Waals surface area contributed by atoms with Gasteiger partial charge in [-0.15, -0.1) is 0 Å². The Morgan fingerprint density at radius 3 is 2.83 bits per heavy atom. The Morgan fingerprint density at radius 2 is 2.09 bits per heavy atom. The molecule has 2 saturated heterocycles. The average molecular weight is 340 g/mol. The average Bonchev–Trinajstić information content (AvgIpc) is 2.58. The van der Waals surface area contributed by atoms with E-state index in [4.69, 9.17) is 16.3 Å². The van der Waals surface area contributed by atoms with Crippen molar-refractivity contribution in [2.24, 2.45) is 0 Å². The summed E-state index contributed by atoms with van der Waals surface area (Å²) >= 11 is 5.85. The van der Waals surface area contributed by atoms with E-state index in [0.29, 0.717) is 5.56 Å². The second-order valence-corrected chi connectivity index (χ2v) is 6.53. The Bertz CT molecular complexity index is 613. The molecule has 1 aromatic rings. The lowest BCUT2D eigenvalue weighted by atomic mass is 10.00. The molecule has 1 aromatic heterocycles. The number of nitrogens with zero attached hydrogens (tertiary/aromatic N) is 2. The number of H-pyrrole nitrogens is 1. The predicted octanol–water partition coefficient (Wildman–Crippen LogP) is 1.36. The third-order valence-electron chi connectivity index (χ3n) is 4.57. The lowest BCUT2D eigenvalue weighted by Crippen LogP contribution is -2.51. The Hall–Kier alpha value is -1.37. The molecule has 2 aliphatic rings. The van der Waals surface area contributed by atoms with Gasteiger partial charge in [0, 0.05) is 38.4 Å². The van der Waals surface area contributed by atoms with Crippen LogP contribution in [0.2, 0.25) is 5.02 Å². The first-order chi connectivity index (χ1) is 11.1. The Labute approximate surface area is 140 Å². The summed E-state index contributed by atoms with van der Waals surface area (Å²) in [7, 11) is 0. The lowest BCUT2D eigenvalue weighted by Gasteiger charge is -2.39. The number of piperidine rings is 1. The van der Waals surface area contributed by atoms with Crippen molar-refractivity contribution in [1.82, 2.24) is 14.8 Å². The van der Waals surface area contributed by atoms with Crippen molar-refractivity contribution in [1.29, 1.82) is 0 Å². The minimum atomic E-state index is -0.369. The maximum absolute atomic E-state index is 12.8. The number of nitrogens with one attached hydrogen (secondary N) is 1. The van der Waals surface area contributed by atoms with Gasteiger partial charge in [-0.05, 0) is 25.3 Å². The molecule has 1 N–H and O–H groups in total. The van der Waals surface area contributed by atoms with Crippen LogP contribution in [0.1, 0.15) is 29.6 Å². The fourth-order valence-electron chi connectivity index (χ4n) is 3.28.